The van der Waals surface area contributed by atoms with Crippen molar-refractivity contribution in [3.8, 4) is 0 Å². The maximum atomic E-state index is 12.1. The third-order valence-corrected chi connectivity index (χ3v) is 4.72. The molecule has 1 saturated heterocycles. The van der Waals surface area contributed by atoms with E-state index in [0.29, 0.717) is 6.04 Å². The predicted molar refractivity (Wildman–Crippen MR) is 83.1 cm³/mol. The number of amides is 3. The van der Waals surface area contributed by atoms with Gasteiger partial charge < -0.3 is 15.5 Å². The lowest BCUT2D eigenvalue weighted by atomic mass is 9.97. The normalized spacial score (nSPS) is 22.2. The van der Waals surface area contributed by atoms with Crippen LogP contribution in [0.3, 0.4) is 0 Å². The fourth-order valence-corrected chi connectivity index (χ4v) is 3.35. The first-order valence-corrected chi connectivity index (χ1v) is 8.47. The molecule has 1 heterocycles. The van der Waals surface area contributed by atoms with Crippen molar-refractivity contribution in [2.75, 3.05) is 13.1 Å². The van der Waals surface area contributed by atoms with E-state index in [-0.39, 0.29) is 18.0 Å². The van der Waals surface area contributed by atoms with Crippen molar-refractivity contribution in [3.05, 3.63) is 0 Å². The average molecular weight is 295 g/mol. The van der Waals surface area contributed by atoms with Crippen LogP contribution in [0.5, 0.6) is 0 Å². The molecule has 1 aliphatic carbocycles. The molecule has 0 aromatic rings. The number of carbonyl (C=O) groups excluding carboxylic acids is 2. The molecule has 5 heteroatoms. The highest BCUT2D eigenvalue weighted by atomic mass is 16.2. The third kappa shape index (κ3) is 5.56. The summed E-state index contributed by atoms with van der Waals surface area (Å²) in [6.45, 7) is 3.11. The topological polar surface area (TPSA) is 61.4 Å². The van der Waals surface area contributed by atoms with Crippen molar-refractivity contribution in [1.29, 1.82) is 0 Å². The lowest BCUT2D eigenvalue weighted by Crippen LogP contribution is -2.50. The molecule has 120 valence electrons. The zero-order valence-electron chi connectivity index (χ0n) is 13.2. The van der Waals surface area contributed by atoms with Crippen LogP contribution in [0.15, 0.2) is 0 Å². The van der Waals surface area contributed by atoms with Crippen LogP contribution in [0.1, 0.15) is 64.7 Å². The van der Waals surface area contributed by atoms with Gasteiger partial charge in [-0.2, -0.15) is 0 Å². The Hall–Kier alpha value is -1.26. The monoisotopic (exact) mass is 295 g/mol. The van der Waals surface area contributed by atoms with Gasteiger partial charge in [0.05, 0.1) is 0 Å². The molecule has 0 radical (unpaired) electrons. The van der Waals surface area contributed by atoms with E-state index in [9.17, 15) is 9.59 Å². The number of piperidine rings is 1. The number of nitrogens with zero attached hydrogens (tertiary/aromatic N) is 1. The zero-order chi connectivity index (χ0) is 15.1. The van der Waals surface area contributed by atoms with Crippen molar-refractivity contribution in [2.24, 2.45) is 0 Å². The third-order valence-electron chi connectivity index (χ3n) is 4.72. The van der Waals surface area contributed by atoms with Gasteiger partial charge in [-0.25, -0.2) is 4.79 Å². The van der Waals surface area contributed by atoms with E-state index in [0.717, 1.165) is 38.8 Å². The number of hydrogen-bond acceptors (Lipinski definition) is 2. The zero-order valence-corrected chi connectivity index (χ0v) is 13.2. The molecule has 0 bridgehead atoms. The summed E-state index contributed by atoms with van der Waals surface area (Å²) in [5, 5.41) is 6.21. The van der Waals surface area contributed by atoms with Gasteiger partial charge in [-0.1, -0.05) is 32.1 Å². The van der Waals surface area contributed by atoms with E-state index >= 15 is 0 Å². The van der Waals surface area contributed by atoms with E-state index in [2.05, 4.69) is 10.6 Å². The molecule has 0 unspecified atom stereocenters. The summed E-state index contributed by atoms with van der Waals surface area (Å²) in [4.78, 5) is 25.2. The lowest BCUT2D eigenvalue weighted by molar-refractivity contribution is -0.129. The number of nitrogens with one attached hydrogen (secondary N) is 2. The van der Waals surface area contributed by atoms with Gasteiger partial charge in [-0.15, -0.1) is 0 Å². The number of carbonyl (C=O) groups is 2. The lowest BCUT2D eigenvalue weighted by Gasteiger charge is -2.32. The Balaban J connectivity index is 1.68. The minimum atomic E-state index is -0.0261. The number of rotatable bonds is 2. The first kappa shape index (κ1) is 16.1. The second-order valence-corrected chi connectivity index (χ2v) is 6.44. The fourth-order valence-electron chi connectivity index (χ4n) is 3.35. The summed E-state index contributed by atoms with van der Waals surface area (Å²) in [6, 6.07) is 0.513. The van der Waals surface area contributed by atoms with E-state index in [4.69, 9.17) is 0 Å². The van der Waals surface area contributed by atoms with Crippen molar-refractivity contribution in [2.45, 2.75) is 76.8 Å². The van der Waals surface area contributed by atoms with Crippen molar-refractivity contribution >= 4 is 11.9 Å². The summed E-state index contributed by atoms with van der Waals surface area (Å²) >= 11 is 0. The van der Waals surface area contributed by atoms with Crippen LogP contribution in [-0.4, -0.2) is 42.0 Å². The number of urea groups is 1. The Bertz CT molecular complexity index is 343. The minimum Gasteiger partial charge on any atom is -0.343 e. The highest BCUT2D eigenvalue weighted by Crippen LogP contribution is 2.17. The van der Waals surface area contributed by atoms with E-state index in [1.54, 1.807) is 6.92 Å². The van der Waals surface area contributed by atoms with Gasteiger partial charge in [0.15, 0.2) is 0 Å². The summed E-state index contributed by atoms with van der Waals surface area (Å²) in [5.74, 6) is 0.132. The summed E-state index contributed by atoms with van der Waals surface area (Å²) in [6.07, 6.45) is 10.3. The first-order valence-electron chi connectivity index (χ1n) is 8.47. The second kappa shape index (κ2) is 8.25. The standard InChI is InChI=1S/C16H29N3O2/c1-13(20)19-11-9-15(10-12-19)18-16(21)17-14-7-5-3-2-4-6-8-14/h14-15H,2-12H2,1H3,(H2,17,18,21). The smallest absolute Gasteiger partial charge is 0.315 e. The molecule has 1 saturated carbocycles. The Kier molecular flexibility index (Phi) is 6.33. The molecule has 21 heavy (non-hydrogen) atoms. The SMILES string of the molecule is CC(=O)N1CCC(NC(=O)NC2CCCCCCC2)CC1. The van der Waals surface area contributed by atoms with E-state index in [1.165, 1.54) is 32.1 Å². The van der Waals surface area contributed by atoms with Gasteiger partial charge in [0, 0.05) is 32.1 Å². The van der Waals surface area contributed by atoms with Crippen LogP contribution in [-0.2, 0) is 4.79 Å². The molecular weight excluding hydrogens is 266 g/mol. The van der Waals surface area contributed by atoms with Gasteiger partial charge in [0.2, 0.25) is 5.91 Å². The molecule has 0 aromatic carbocycles. The Morgan fingerprint density at radius 2 is 1.29 bits per heavy atom. The molecule has 0 spiro atoms. The van der Waals surface area contributed by atoms with Crippen LogP contribution >= 0.6 is 0 Å². The van der Waals surface area contributed by atoms with Gasteiger partial charge >= 0.3 is 6.03 Å². The van der Waals surface area contributed by atoms with Crippen molar-refractivity contribution in [1.82, 2.24) is 15.5 Å². The van der Waals surface area contributed by atoms with Gasteiger partial charge in [-0.05, 0) is 25.7 Å². The largest absolute Gasteiger partial charge is 0.343 e. The highest BCUT2D eigenvalue weighted by molar-refractivity contribution is 5.75. The molecule has 5 nitrogen and oxygen atoms in total. The quantitative estimate of drug-likeness (QED) is 0.822. The van der Waals surface area contributed by atoms with Crippen LogP contribution in [0.2, 0.25) is 0 Å². The maximum absolute atomic E-state index is 12.1. The summed E-state index contributed by atoms with van der Waals surface area (Å²) in [5.41, 5.74) is 0. The number of likely N-dealkylation sites (tertiary alicyclic amines) is 1. The maximum Gasteiger partial charge on any atom is 0.315 e. The molecule has 2 rings (SSSR count). The molecular formula is C16H29N3O2. The van der Waals surface area contributed by atoms with E-state index in [1.807, 2.05) is 4.90 Å². The van der Waals surface area contributed by atoms with Gasteiger partial charge in [0.1, 0.15) is 0 Å². The average Bonchev–Trinajstić information content (AvgIpc) is 2.42. The molecule has 2 fully saturated rings. The minimum absolute atomic E-state index is 0.0261. The molecule has 0 aromatic heterocycles. The molecule has 3 amide bonds. The molecule has 1 aliphatic heterocycles. The molecule has 2 N–H and O–H groups in total. The fraction of sp³-hybridized carbons (Fsp3) is 0.875. The van der Waals surface area contributed by atoms with Crippen molar-refractivity contribution < 1.29 is 9.59 Å². The van der Waals surface area contributed by atoms with Crippen LogP contribution in [0, 0.1) is 0 Å². The molecule has 0 atom stereocenters. The van der Waals surface area contributed by atoms with Crippen molar-refractivity contribution in [3.63, 3.8) is 0 Å². The Morgan fingerprint density at radius 3 is 1.81 bits per heavy atom. The predicted octanol–water partition coefficient (Wildman–Crippen LogP) is 2.41. The first-order chi connectivity index (χ1) is 10.1. The Morgan fingerprint density at radius 1 is 0.810 bits per heavy atom. The van der Waals surface area contributed by atoms with Crippen LogP contribution in [0.4, 0.5) is 4.79 Å². The highest BCUT2D eigenvalue weighted by Gasteiger charge is 2.22. The summed E-state index contributed by atoms with van der Waals surface area (Å²) in [7, 11) is 0. The molecule has 2 aliphatic rings. The van der Waals surface area contributed by atoms with Gasteiger partial charge in [0.25, 0.3) is 0 Å². The van der Waals surface area contributed by atoms with Crippen LogP contribution < -0.4 is 10.6 Å². The van der Waals surface area contributed by atoms with Crippen LogP contribution in [0.25, 0.3) is 0 Å². The summed E-state index contributed by atoms with van der Waals surface area (Å²) < 4.78 is 0. The second-order valence-electron chi connectivity index (χ2n) is 6.44. The number of hydrogen-bond donors (Lipinski definition) is 2. The van der Waals surface area contributed by atoms with Gasteiger partial charge in [-0.3, -0.25) is 4.79 Å². The Labute approximate surface area is 127 Å². The van der Waals surface area contributed by atoms with E-state index < -0.39 is 0 Å².